The van der Waals surface area contributed by atoms with Crippen molar-refractivity contribution in [2.45, 2.75) is 6.42 Å². The third-order valence-electron chi connectivity index (χ3n) is 2.36. The Kier molecular flexibility index (Phi) is 5.98. The summed E-state index contributed by atoms with van der Waals surface area (Å²) in [4.78, 5) is 13.5. The van der Waals surface area contributed by atoms with Gasteiger partial charge >= 0.3 is 0 Å². The van der Waals surface area contributed by atoms with Crippen LogP contribution in [0.15, 0.2) is 18.2 Å². The average Bonchev–Trinajstić information content (AvgIpc) is 2.34. The van der Waals surface area contributed by atoms with Crippen molar-refractivity contribution >= 4 is 34.7 Å². The van der Waals surface area contributed by atoms with Crippen molar-refractivity contribution in [2.75, 3.05) is 20.2 Å². The molecule has 0 unspecified atom stereocenters. The van der Waals surface area contributed by atoms with E-state index in [-0.39, 0.29) is 23.3 Å². The molecule has 0 aliphatic heterocycles. The van der Waals surface area contributed by atoms with E-state index in [2.05, 4.69) is 0 Å². The van der Waals surface area contributed by atoms with Gasteiger partial charge in [0, 0.05) is 20.0 Å². The minimum absolute atomic E-state index is 0.124. The van der Waals surface area contributed by atoms with Gasteiger partial charge in [-0.2, -0.15) is 0 Å². The number of benzene rings is 1. The summed E-state index contributed by atoms with van der Waals surface area (Å²) < 4.78 is 18.0. The number of nitrogens with zero attached hydrogens (tertiary/aromatic N) is 1. The van der Waals surface area contributed by atoms with E-state index in [9.17, 15) is 9.18 Å². The molecule has 1 rings (SSSR count). The van der Waals surface area contributed by atoms with Crippen molar-refractivity contribution < 1.29 is 13.9 Å². The number of amides is 1. The van der Waals surface area contributed by atoms with Crippen molar-refractivity contribution in [3.63, 3.8) is 0 Å². The van der Waals surface area contributed by atoms with Crippen LogP contribution in [0.5, 0.6) is 5.75 Å². The Bertz CT molecular complexity index is 485. The highest BCUT2D eigenvalue weighted by Crippen LogP contribution is 2.24. The van der Waals surface area contributed by atoms with Gasteiger partial charge in [-0.1, -0.05) is 23.8 Å². The number of halogens is 2. The lowest BCUT2D eigenvalue weighted by Crippen LogP contribution is -2.33. The molecule has 0 spiro atoms. The molecular formula is C12H14ClFN2O2S. The van der Waals surface area contributed by atoms with Crippen molar-refractivity contribution in [3.05, 3.63) is 29.0 Å². The Morgan fingerprint density at radius 3 is 2.84 bits per heavy atom. The van der Waals surface area contributed by atoms with Crippen LogP contribution in [0.25, 0.3) is 0 Å². The number of carbonyl (C=O) groups is 1. The summed E-state index contributed by atoms with van der Waals surface area (Å²) >= 11 is 10.5. The SMILES string of the molecule is CN(CCC(N)=S)C(=O)COc1ccc(F)cc1Cl. The second kappa shape index (κ2) is 7.25. The van der Waals surface area contributed by atoms with Crippen molar-refractivity contribution in [2.24, 2.45) is 5.73 Å². The van der Waals surface area contributed by atoms with E-state index in [0.717, 1.165) is 6.07 Å². The molecule has 19 heavy (non-hydrogen) atoms. The molecule has 0 aliphatic carbocycles. The number of carbonyl (C=O) groups excluding carboxylic acids is 1. The van der Waals surface area contributed by atoms with E-state index in [1.807, 2.05) is 0 Å². The molecule has 0 aliphatic rings. The highest BCUT2D eigenvalue weighted by Gasteiger charge is 2.11. The number of ether oxygens (including phenoxy) is 1. The van der Waals surface area contributed by atoms with Crippen LogP contribution in [-0.4, -0.2) is 36.0 Å². The van der Waals surface area contributed by atoms with Crippen molar-refractivity contribution in [1.82, 2.24) is 4.90 Å². The van der Waals surface area contributed by atoms with E-state index in [1.54, 1.807) is 7.05 Å². The second-order valence-corrected chi connectivity index (χ2v) is 4.83. The van der Waals surface area contributed by atoms with Crippen LogP contribution in [0.3, 0.4) is 0 Å². The fourth-order valence-corrected chi connectivity index (χ4v) is 1.56. The fourth-order valence-electron chi connectivity index (χ4n) is 1.24. The molecule has 1 amide bonds. The highest BCUT2D eigenvalue weighted by atomic mass is 35.5. The maximum Gasteiger partial charge on any atom is 0.260 e. The Morgan fingerprint density at radius 1 is 1.58 bits per heavy atom. The van der Waals surface area contributed by atoms with Crippen LogP contribution in [0.4, 0.5) is 4.39 Å². The highest BCUT2D eigenvalue weighted by molar-refractivity contribution is 7.80. The normalized spacial score (nSPS) is 10.1. The van der Waals surface area contributed by atoms with Gasteiger partial charge in [-0.3, -0.25) is 4.79 Å². The monoisotopic (exact) mass is 304 g/mol. The zero-order chi connectivity index (χ0) is 14.4. The van der Waals surface area contributed by atoms with E-state index < -0.39 is 5.82 Å². The lowest BCUT2D eigenvalue weighted by molar-refractivity contribution is -0.131. The van der Waals surface area contributed by atoms with Gasteiger partial charge in [0.15, 0.2) is 6.61 Å². The van der Waals surface area contributed by atoms with Crippen molar-refractivity contribution in [1.29, 1.82) is 0 Å². The quantitative estimate of drug-likeness (QED) is 0.817. The smallest absolute Gasteiger partial charge is 0.260 e. The zero-order valence-corrected chi connectivity index (χ0v) is 11.9. The molecule has 0 saturated carbocycles. The molecule has 0 atom stereocenters. The van der Waals surface area contributed by atoms with E-state index in [0.29, 0.717) is 18.0 Å². The molecule has 2 N–H and O–H groups in total. The van der Waals surface area contributed by atoms with Gasteiger partial charge in [-0.05, 0) is 18.2 Å². The Morgan fingerprint density at radius 2 is 2.26 bits per heavy atom. The van der Waals surface area contributed by atoms with Gasteiger partial charge in [0.1, 0.15) is 11.6 Å². The maximum atomic E-state index is 12.8. The van der Waals surface area contributed by atoms with Crippen molar-refractivity contribution in [3.8, 4) is 5.75 Å². The molecule has 1 aromatic carbocycles. The molecule has 7 heteroatoms. The molecule has 0 radical (unpaired) electrons. The van der Waals surface area contributed by atoms with Crippen LogP contribution in [-0.2, 0) is 4.79 Å². The van der Waals surface area contributed by atoms with Crippen LogP contribution in [0, 0.1) is 5.82 Å². The molecule has 1 aromatic rings. The molecule has 0 heterocycles. The fraction of sp³-hybridized carbons (Fsp3) is 0.333. The predicted molar refractivity (Wildman–Crippen MR) is 75.9 cm³/mol. The topological polar surface area (TPSA) is 55.6 Å². The molecule has 4 nitrogen and oxygen atoms in total. The lowest BCUT2D eigenvalue weighted by Gasteiger charge is -2.17. The Balaban J connectivity index is 2.47. The van der Waals surface area contributed by atoms with Crippen LogP contribution < -0.4 is 10.5 Å². The number of nitrogens with two attached hydrogens (primary N) is 1. The van der Waals surface area contributed by atoms with Gasteiger partial charge in [0.2, 0.25) is 0 Å². The van der Waals surface area contributed by atoms with Crippen LogP contribution in [0.2, 0.25) is 5.02 Å². The van der Waals surface area contributed by atoms with Gasteiger partial charge < -0.3 is 15.4 Å². The Hall–Kier alpha value is -1.40. The summed E-state index contributed by atoms with van der Waals surface area (Å²) in [5.41, 5.74) is 5.35. The zero-order valence-electron chi connectivity index (χ0n) is 10.4. The number of likely N-dealkylation sites (N-methyl/N-ethyl adjacent to an activating group) is 1. The summed E-state index contributed by atoms with van der Waals surface area (Å²) in [6.45, 7) is 0.244. The molecular weight excluding hydrogens is 291 g/mol. The average molecular weight is 305 g/mol. The first kappa shape index (κ1) is 15.7. The minimum atomic E-state index is -0.461. The number of thiocarbonyl (C=S) groups is 1. The van der Waals surface area contributed by atoms with E-state index in [1.165, 1.54) is 17.0 Å². The van der Waals surface area contributed by atoms with E-state index in [4.69, 9.17) is 34.3 Å². The largest absolute Gasteiger partial charge is 0.482 e. The lowest BCUT2D eigenvalue weighted by atomic mass is 10.3. The van der Waals surface area contributed by atoms with Gasteiger partial charge in [0.05, 0.1) is 10.0 Å². The maximum absolute atomic E-state index is 12.8. The first-order valence-corrected chi connectivity index (χ1v) is 6.29. The summed E-state index contributed by atoms with van der Waals surface area (Å²) in [6.07, 6.45) is 0.453. The third-order valence-corrected chi connectivity index (χ3v) is 2.86. The third kappa shape index (κ3) is 5.40. The number of hydrogen-bond acceptors (Lipinski definition) is 3. The van der Waals surface area contributed by atoms with Crippen LogP contribution in [0.1, 0.15) is 6.42 Å². The van der Waals surface area contributed by atoms with Gasteiger partial charge in [0.25, 0.3) is 5.91 Å². The summed E-state index contributed by atoms with van der Waals surface area (Å²) in [6, 6.07) is 3.71. The number of rotatable bonds is 6. The summed E-state index contributed by atoms with van der Waals surface area (Å²) in [5, 5.41) is 0.124. The van der Waals surface area contributed by atoms with Gasteiger partial charge in [-0.15, -0.1) is 0 Å². The second-order valence-electron chi connectivity index (χ2n) is 3.90. The Labute approximate surface area is 121 Å². The standard InChI is InChI=1S/C12H14ClFN2O2S/c1-16(5-4-11(15)19)12(17)7-18-10-3-2-8(14)6-9(10)13/h2-3,6H,4-5,7H2,1H3,(H2,15,19). The number of hydrogen-bond donors (Lipinski definition) is 1. The first-order valence-electron chi connectivity index (χ1n) is 5.50. The summed E-state index contributed by atoms with van der Waals surface area (Å²) in [5.74, 6) is -0.437. The first-order chi connectivity index (χ1) is 8.90. The van der Waals surface area contributed by atoms with Gasteiger partial charge in [-0.25, -0.2) is 4.39 Å². The predicted octanol–water partition coefficient (Wildman–Crippen LogP) is 1.99. The van der Waals surface area contributed by atoms with E-state index >= 15 is 0 Å². The summed E-state index contributed by atoms with van der Waals surface area (Å²) in [7, 11) is 1.62. The molecule has 0 bridgehead atoms. The molecule has 0 fully saturated rings. The molecule has 0 saturated heterocycles. The van der Waals surface area contributed by atoms with Crippen LogP contribution >= 0.6 is 23.8 Å². The molecule has 0 aromatic heterocycles. The minimum Gasteiger partial charge on any atom is -0.482 e. The molecule has 104 valence electrons.